The summed E-state index contributed by atoms with van der Waals surface area (Å²) in [5.41, 5.74) is 25.2. The van der Waals surface area contributed by atoms with Crippen LogP contribution in [0.3, 0.4) is 0 Å². The molecule has 12 aromatic rings. The van der Waals surface area contributed by atoms with Crippen LogP contribution in [0.25, 0.3) is 89.4 Å². The lowest BCUT2D eigenvalue weighted by Crippen LogP contribution is -2.09. The first-order chi connectivity index (χ1) is 36.7. The molecule has 2 heteroatoms. The highest BCUT2D eigenvalue weighted by Gasteiger charge is 2.25. The fraction of sp³-hybridized carbons (Fsp3) is 0. The molecule has 2 aliphatic rings. The summed E-state index contributed by atoms with van der Waals surface area (Å²) in [4.78, 5) is 2.30. The Balaban J connectivity index is 0.879. The summed E-state index contributed by atoms with van der Waals surface area (Å²) in [5, 5.41) is 8.82. The quantitative estimate of drug-likeness (QED) is 0.145. The first-order valence-corrected chi connectivity index (χ1v) is 25.5. The molecule has 0 unspecified atom stereocenters. The van der Waals surface area contributed by atoms with Crippen LogP contribution in [0, 0.1) is 0 Å². The number of rotatable bonds is 9. The van der Waals surface area contributed by atoms with Crippen molar-refractivity contribution in [2.75, 3.05) is 10.2 Å². The number of nitrogens with zero attached hydrogens (tertiary/aromatic N) is 1. The van der Waals surface area contributed by atoms with E-state index in [4.69, 9.17) is 0 Å². The van der Waals surface area contributed by atoms with Gasteiger partial charge in [0, 0.05) is 34.0 Å². The molecule has 0 fully saturated rings. The lowest BCUT2D eigenvalue weighted by atomic mass is 9.86. The third-order valence-electron chi connectivity index (χ3n) is 15.0. The molecule has 0 amide bonds. The highest BCUT2D eigenvalue weighted by atomic mass is 15.1. The van der Waals surface area contributed by atoms with E-state index in [1.165, 1.54) is 93.9 Å². The van der Waals surface area contributed by atoms with Crippen molar-refractivity contribution in [2.45, 2.75) is 0 Å². The monoisotopic (exact) mass is 940 g/mol. The van der Waals surface area contributed by atoms with Gasteiger partial charge in [0.15, 0.2) is 0 Å². The van der Waals surface area contributed by atoms with Gasteiger partial charge in [-0.2, -0.15) is 0 Å². The van der Waals surface area contributed by atoms with Crippen LogP contribution in [-0.2, 0) is 0 Å². The molecule has 0 saturated carbocycles. The van der Waals surface area contributed by atoms with Gasteiger partial charge in [-0.05, 0) is 178 Å². The molecule has 346 valence electrons. The molecule has 14 rings (SSSR count). The maximum Gasteiger partial charge on any atom is 0.0464 e. The standard InChI is InChI=1S/C72H48N2/c1-3-19-52(20-4-1)74(53-21-5-2-6-22-53)54-42-40-51(41-43-54)73-71-44-35-48(46-68-59-27-11-7-23-55(59)56-24-8-12-28-60(56)68)45-67(71)49-36-38-50(39-37-49)72-65-33-17-15-31-63(65)70(64-32-16-18-34-66(64)72)47-69-61-29-13-9-25-57(61)58-26-10-14-30-62(58)69/h1-47,73H. The molecule has 0 bridgehead atoms. The van der Waals surface area contributed by atoms with Crippen LogP contribution in [0.5, 0.6) is 0 Å². The Morgan fingerprint density at radius 2 is 0.676 bits per heavy atom. The average Bonchev–Trinajstić information content (AvgIpc) is 3.96. The van der Waals surface area contributed by atoms with E-state index in [0.29, 0.717) is 0 Å². The predicted octanol–water partition coefficient (Wildman–Crippen LogP) is 19.7. The topological polar surface area (TPSA) is 15.3 Å². The fourth-order valence-corrected chi connectivity index (χ4v) is 11.6. The summed E-state index contributed by atoms with van der Waals surface area (Å²) in [6.07, 6.45) is 4.80. The maximum absolute atomic E-state index is 3.87. The lowest BCUT2D eigenvalue weighted by molar-refractivity contribution is 1.28. The van der Waals surface area contributed by atoms with Gasteiger partial charge in [0.25, 0.3) is 0 Å². The smallest absolute Gasteiger partial charge is 0.0464 e. The van der Waals surface area contributed by atoms with Gasteiger partial charge < -0.3 is 10.2 Å². The van der Waals surface area contributed by atoms with Gasteiger partial charge in [0.1, 0.15) is 0 Å². The number of anilines is 5. The molecule has 1 N–H and O–H groups in total. The van der Waals surface area contributed by atoms with Crippen LogP contribution in [0.4, 0.5) is 28.4 Å². The van der Waals surface area contributed by atoms with Crippen molar-refractivity contribution in [1.29, 1.82) is 0 Å². The molecular weight excluding hydrogens is 893 g/mol. The predicted molar refractivity (Wildman–Crippen MR) is 314 cm³/mol. The minimum Gasteiger partial charge on any atom is -0.355 e. The Morgan fingerprint density at radius 1 is 0.284 bits per heavy atom. The van der Waals surface area contributed by atoms with Crippen LogP contribution in [0.1, 0.15) is 33.4 Å². The summed E-state index contributed by atoms with van der Waals surface area (Å²) in [5.74, 6) is 0. The number of hydrogen-bond donors (Lipinski definition) is 1. The van der Waals surface area contributed by atoms with Gasteiger partial charge in [0.05, 0.1) is 0 Å². The number of para-hydroxylation sites is 2. The van der Waals surface area contributed by atoms with Crippen molar-refractivity contribution in [3.8, 4) is 44.5 Å². The van der Waals surface area contributed by atoms with Gasteiger partial charge in [-0.15, -0.1) is 0 Å². The molecule has 2 nitrogen and oxygen atoms in total. The number of nitrogens with one attached hydrogen (secondary N) is 1. The molecule has 0 heterocycles. The van der Waals surface area contributed by atoms with E-state index in [9.17, 15) is 0 Å². The summed E-state index contributed by atoms with van der Waals surface area (Å²) in [7, 11) is 0. The highest BCUT2D eigenvalue weighted by Crippen LogP contribution is 2.49. The third kappa shape index (κ3) is 7.43. The molecule has 2 aliphatic carbocycles. The van der Waals surface area contributed by atoms with Crippen molar-refractivity contribution in [3.05, 3.63) is 306 Å². The third-order valence-corrected chi connectivity index (χ3v) is 15.0. The van der Waals surface area contributed by atoms with Crippen LogP contribution in [0.15, 0.2) is 273 Å². The molecular formula is C72H48N2. The lowest BCUT2D eigenvalue weighted by Gasteiger charge is -2.25. The average molecular weight is 941 g/mol. The Labute approximate surface area is 432 Å². The molecule has 0 atom stereocenters. The zero-order valence-corrected chi connectivity index (χ0v) is 40.6. The van der Waals surface area contributed by atoms with Gasteiger partial charge in [-0.1, -0.05) is 212 Å². The number of fused-ring (bicyclic) bond motifs is 8. The minimum absolute atomic E-state index is 1.01. The molecule has 74 heavy (non-hydrogen) atoms. The highest BCUT2D eigenvalue weighted by molar-refractivity contribution is 6.20. The van der Waals surface area contributed by atoms with E-state index in [1.807, 2.05) is 0 Å². The second kappa shape index (κ2) is 18.1. The SMILES string of the molecule is C(=C1c2ccccc2-c2ccccc21)c1ccc(Nc2ccc(N(c3ccccc3)c3ccccc3)cc2)c(-c2ccc(-c3c4ccccc4c(C=C4c5ccccc5-c5ccccc54)c4ccccc34)cc2)c1. The first kappa shape index (κ1) is 43.1. The van der Waals surface area contributed by atoms with Crippen LogP contribution in [0.2, 0.25) is 0 Å². The summed E-state index contributed by atoms with van der Waals surface area (Å²) in [6, 6.07) is 99.1. The van der Waals surface area contributed by atoms with Crippen molar-refractivity contribution in [2.24, 2.45) is 0 Å². The molecule has 0 radical (unpaired) electrons. The van der Waals surface area contributed by atoms with Gasteiger partial charge in [0.2, 0.25) is 0 Å². The molecule has 0 spiro atoms. The Kier molecular flexibility index (Phi) is 10.6. The summed E-state index contributed by atoms with van der Waals surface area (Å²) in [6.45, 7) is 0. The number of hydrogen-bond acceptors (Lipinski definition) is 2. The Hall–Kier alpha value is -9.76. The molecule has 0 saturated heterocycles. The largest absolute Gasteiger partial charge is 0.355 e. The van der Waals surface area contributed by atoms with Crippen molar-refractivity contribution < 1.29 is 0 Å². The second-order valence-electron chi connectivity index (χ2n) is 19.2. The zero-order valence-electron chi connectivity index (χ0n) is 40.6. The van der Waals surface area contributed by atoms with Crippen molar-refractivity contribution in [1.82, 2.24) is 0 Å². The van der Waals surface area contributed by atoms with Crippen LogP contribution >= 0.6 is 0 Å². The summed E-state index contributed by atoms with van der Waals surface area (Å²) >= 11 is 0. The van der Waals surface area contributed by atoms with Crippen LogP contribution < -0.4 is 10.2 Å². The van der Waals surface area contributed by atoms with E-state index >= 15 is 0 Å². The van der Waals surface area contributed by atoms with Gasteiger partial charge in [-0.25, -0.2) is 0 Å². The van der Waals surface area contributed by atoms with Gasteiger partial charge in [-0.3, -0.25) is 0 Å². The zero-order chi connectivity index (χ0) is 49.0. The number of benzene rings is 12. The molecule has 0 aromatic heterocycles. The minimum atomic E-state index is 1.01. The Bertz CT molecular complexity index is 3990. The van der Waals surface area contributed by atoms with E-state index in [2.05, 4.69) is 295 Å². The van der Waals surface area contributed by atoms with E-state index in [1.54, 1.807) is 0 Å². The van der Waals surface area contributed by atoms with Crippen molar-refractivity contribution in [3.63, 3.8) is 0 Å². The second-order valence-corrected chi connectivity index (χ2v) is 19.2. The maximum atomic E-state index is 3.87. The van der Waals surface area contributed by atoms with E-state index in [-0.39, 0.29) is 0 Å². The van der Waals surface area contributed by atoms with Gasteiger partial charge >= 0.3 is 0 Å². The van der Waals surface area contributed by atoms with E-state index < -0.39 is 0 Å². The van der Waals surface area contributed by atoms with E-state index in [0.717, 1.165) is 45.1 Å². The molecule has 12 aromatic carbocycles. The molecule has 0 aliphatic heterocycles. The first-order valence-electron chi connectivity index (χ1n) is 25.5. The normalized spacial score (nSPS) is 12.0. The summed E-state index contributed by atoms with van der Waals surface area (Å²) < 4.78 is 0. The fourth-order valence-electron chi connectivity index (χ4n) is 11.6. The van der Waals surface area contributed by atoms with Crippen LogP contribution in [-0.4, -0.2) is 0 Å². The Morgan fingerprint density at radius 3 is 1.16 bits per heavy atom. The van der Waals surface area contributed by atoms with Crippen molar-refractivity contribution >= 4 is 73.3 Å².